The molecule has 418 valence electrons. The van der Waals surface area contributed by atoms with E-state index in [-0.39, 0.29) is 0 Å². The van der Waals surface area contributed by atoms with E-state index in [0.29, 0.717) is 0 Å². The molecule has 0 bridgehead atoms. The topological polar surface area (TPSA) is 19.7 Å². The van der Waals surface area contributed by atoms with Crippen molar-refractivity contribution in [3.63, 3.8) is 0 Å². The van der Waals surface area contributed by atoms with Crippen LogP contribution in [0, 0.1) is 0 Å². The summed E-state index contributed by atoms with van der Waals surface area (Å²) < 4.78 is 15.1. The van der Waals surface area contributed by atoms with Crippen LogP contribution in [0.25, 0.3) is 184 Å². The molecule has 90 heavy (non-hydrogen) atoms. The summed E-state index contributed by atoms with van der Waals surface area (Å²) >= 11 is 3.75. The number of hydrogen-bond acceptors (Lipinski definition) is 2. The van der Waals surface area contributed by atoms with Crippen LogP contribution >= 0.6 is 22.7 Å². The molecule has 0 amide bonds. The minimum atomic E-state index is 1.12. The fourth-order valence-corrected chi connectivity index (χ4v) is 17.4. The highest BCUT2D eigenvalue weighted by molar-refractivity contribution is 7.26. The van der Waals surface area contributed by atoms with Gasteiger partial charge in [-0.2, -0.15) is 0 Å². The van der Waals surface area contributed by atoms with Crippen molar-refractivity contribution >= 4 is 150 Å². The van der Waals surface area contributed by atoms with Crippen LogP contribution in [0.3, 0.4) is 0 Å². The molecule has 20 aromatic rings. The minimum absolute atomic E-state index is 1.12. The quantitative estimate of drug-likeness (QED) is 0.152. The second-order valence-corrected chi connectivity index (χ2v) is 26.1. The van der Waals surface area contributed by atoms with Crippen LogP contribution in [0.2, 0.25) is 0 Å². The first kappa shape index (κ1) is 49.8. The Bertz CT molecular complexity index is 6420. The summed E-state index contributed by atoms with van der Waals surface area (Å²) in [6.07, 6.45) is 0. The summed E-state index contributed by atoms with van der Waals surface area (Å²) in [5.74, 6) is 0. The highest BCUT2D eigenvalue weighted by atomic mass is 32.1. The lowest BCUT2D eigenvalue weighted by Gasteiger charge is -2.12. The van der Waals surface area contributed by atoms with Gasteiger partial charge in [-0.15, -0.1) is 22.7 Å². The van der Waals surface area contributed by atoms with Gasteiger partial charge in [-0.3, -0.25) is 0 Å². The van der Waals surface area contributed by atoms with E-state index >= 15 is 0 Å². The van der Waals surface area contributed by atoms with E-state index in [1.807, 2.05) is 22.7 Å². The molecular formula is C84H50N4S2. The van der Waals surface area contributed by atoms with E-state index in [9.17, 15) is 0 Å². The Morgan fingerprint density at radius 2 is 0.567 bits per heavy atom. The number of aromatic nitrogens is 4. The van der Waals surface area contributed by atoms with E-state index < -0.39 is 0 Å². The van der Waals surface area contributed by atoms with Crippen molar-refractivity contribution in [2.45, 2.75) is 0 Å². The zero-order valence-electron chi connectivity index (χ0n) is 48.5. The monoisotopic (exact) mass is 1180 g/mol. The van der Waals surface area contributed by atoms with Crippen LogP contribution in [0.1, 0.15) is 0 Å². The second kappa shape index (κ2) is 19.1. The molecule has 4 nitrogen and oxygen atoms in total. The average molecular weight is 1180 g/mol. The van der Waals surface area contributed by atoms with Gasteiger partial charge in [0.1, 0.15) is 0 Å². The van der Waals surface area contributed by atoms with Gasteiger partial charge in [0.2, 0.25) is 0 Å². The van der Waals surface area contributed by atoms with Gasteiger partial charge in [0.25, 0.3) is 0 Å². The van der Waals surface area contributed by atoms with E-state index in [2.05, 4.69) is 322 Å². The maximum Gasteiger partial charge on any atom is 0.0640 e. The Balaban J connectivity index is 0.679. The molecule has 0 fully saturated rings. The van der Waals surface area contributed by atoms with Crippen molar-refractivity contribution in [1.82, 2.24) is 18.3 Å². The average Bonchev–Trinajstić information content (AvgIpc) is 1.77. The molecule has 0 saturated heterocycles. The molecule has 0 atom stereocenters. The number of thiophene rings is 2. The predicted molar refractivity (Wildman–Crippen MR) is 386 cm³/mol. The third-order valence-corrected chi connectivity index (χ3v) is 21.5. The number of para-hydroxylation sites is 4. The fraction of sp³-hybridized carbons (Fsp3) is 0. The van der Waals surface area contributed by atoms with Crippen molar-refractivity contribution in [1.29, 1.82) is 0 Å². The molecule has 0 radical (unpaired) electrons. The molecule has 14 aromatic carbocycles. The van der Waals surface area contributed by atoms with Crippen molar-refractivity contribution < 1.29 is 0 Å². The van der Waals surface area contributed by atoms with Gasteiger partial charge in [0.15, 0.2) is 0 Å². The van der Waals surface area contributed by atoms with Gasteiger partial charge in [-0.05, 0) is 167 Å². The zero-order chi connectivity index (χ0) is 58.7. The summed E-state index contributed by atoms with van der Waals surface area (Å²) in [6.45, 7) is 0. The van der Waals surface area contributed by atoms with Crippen molar-refractivity contribution in [2.75, 3.05) is 0 Å². The van der Waals surface area contributed by atoms with E-state index in [4.69, 9.17) is 0 Å². The van der Waals surface area contributed by atoms with Crippen LogP contribution in [-0.4, -0.2) is 18.3 Å². The van der Waals surface area contributed by atoms with E-state index in [0.717, 1.165) is 22.5 Å². The van der Waals surface area contributed by atoms with Gasteiger partial charge in [0, 0.05) is 95.8 Å². The number of hydrogen-bond donors (Lipinski definition) is 0. The third-order valence-electron chi connectivity index (χ3n) is 19.1. The highest BCUT2D eigenvalue weighted by Gasteiger charge is 2.22. The molecule has 0 aliphatic carbocycles. The fourth-order valence-electron chi connectivity index (χ4n) is 15.1. The number of rotatable bonds is 7. The van der Waals surface area contributed by atoms with Crippen molar-refractivity contribution in [3.05, 3.63) is 303 Å². The van der Waals surface area contributed by atoms with Gasteiger partial charge in [0.05, 0.1) is 54.5 Å². The van der Waals surface area contributed by atoms with Gasteiger partial charge >= 0.3 is 0 Å². The van der Waals surface area contributed by atoms with Crippen LogP contribution in [0.5, 0.6) is 0 Å². The van der Waals surface area contributed by atoms with Crippen LogP contribution in [0.15, 0.2) is 303 Å². The molecular weight excluding hydrogens is 1130 g/mol. The molecule has 0 aliphatic rings. The standard InChI is InChI=1S/C84H50N4S2/c1-2-17-57(18-3-1)85-75-39-33-54(52-35-41-77-68(46-52)61-21-5-10-27-73(61)87(77)59-37-43-83-71(50-59)65-24-8-12-30-81(65)89-83)48-70(75)63-38-32-56(49-80(63)85)51-16-14-19-58(44-51)86-72-26-9-4-20-60(72)67-45-53(34-40-76(67)86)55-36-42-78-69(47-55)62-22-6-11-28-74(62)88(78)79-29-15-25-66-64-23-7-13-31-82(64)90-84(66)79/h1-50H. The van der Waals surface area contributed by atoms with Crippen LogP contribution in [0.4, 0.5) is 0 Å². The SMILES string of the molecule is c1ccc(-n2c3ccc(-c4ccc5c(c4)c4ccccc4n5-c4ccc5sc6ccccc6c5c4)cc3c3ccc(-c4cccc(-n5c6ccccc6c6cc(-c7ccc8c(c7)c7ccccc7n8-c7cccc8c7sc7ccccc78)ccc65)c4)cc32)cc1. The summed E-state index contributed by atoms with van der Waals surface area (Å²) in [6, 6.07) is 113. The van der Waals surface area contributed by atoms with Crippen molar-refractivity contribution in [2.24, 2.45) is 0 Å². The maximum atomic E-state index is 2.48. The summed E-state index contributed by atoms with van der Waals surface area (Å²) in [5.41, 5.74) is 21.3. The largest absolute Gasteiger partial charge is 0.309 e. The summed E-state index contributed by atoms with van der Waals surface area (Å²) in [5, 5.41) is 15.1. The molecule has 0 N–H and O–H groups in total. The lowest BCUT2D eigenvalue weighted by molar-refractivity contribution is 1.18. The Labute approximate surface area is 524 Å². The molecule has 6 heteroatoms. The van der Waals surface area contributed by atoms with Crippen LogP contribution in [-0.2, 0) is 0 Å². The maximum absolute atomic E-state index is 2.48. The Kier molecular flexibility index (Phi) is 10.6. The third kappa shape index (κ3) is 7.29. The van der Waals surface area contributed by atoms with Gasteiger partial charge in [-0.1, -0.05) is 170 Å². The Hall–Kier alpha value is -11.3. The first-order valence-electron chi connectivity index (χ1n) is 30.8. The smallest absolute Gasteiger partial charge is 0.0640 e. The number of fused-ring (bicyclic) bond motifs is 18. The summed E-state index contributed by atoms with van der Waals surface area (Å²) in [4.78, 5) is 0. The normalized spacial score (nSPS) is 12.2. The number of nitrogens with zero attached hydrogens (tertiary/aromatic N) is 4. The predicted octanol–water partition coefficient (Wildman–Crippen LogP) is 23.8. The van der Waals surface area contributed by atoms with Crippen molar-refractivity contribution in [3.8, 4) is 56.1 Å². The Morgan fingerprint density at radius 3 is 1.17 bits per heavy atom. The molecule has 6 aromatic heterocycles. The van der Waals surface area contributed by atoms with Crippen LogP contribution < -0.4 is 0 Å². The first-order valence-corrected chi connectivity index (χ1v) is 32.4. The Morgan fingerprint density at radius 1 is 0.178 bits per heavy atom. The van der Waals surface area contributed by atoms with Gasteiger partial charge in [-0.25, -0.2) is 0 Å². The zero-order valence-corrected chi connectivity index (χ0v) is 50.1. The number of benzene rings is 14. The molecule has 0 aliphatic heterocycles. The van der Waals surface area contributed by atoms with E-state index in [1.54, 1.807) is 0 Å². The minimum Gasteiger partial charge on any atom is -0.309 e. The highest BCUT2D eigenvalue weighted by Crippen LogP contribution is 2.45. The molecule has 6 heterocycles. The lowest BCUT2D eigenvalue weighted by Crippen LogP contribution is -1.95. The van der Waals surface area contributed by atoms with Gasteiger partial charge < -0.3 is 18.3 Å². The van der Waals surface area contributed by atoms with E-state index in [1.165, 1.54) is 161 Å². The second-order valence-electron chi connectivity index (χ2n) is 24.0. The molecule has 20 rings (SSSR count). The molecule has 0 spiro atoms. The summed E-state index contributed by atoms with van der Waals surface area (Å²) in [7, 11) is 0. The lowest BCUT2D eigenvalue weighted by atomic mass is 9.99. The molecule has 0 saturated carbocycles. The first-order chi connectivity index (χ1) is 44.6. The molecule has 0 unspecified atom stereocenters.